The van der Waals surface area contributed by atoms with E-state index in [1.807, 2.05) is 0 Å². The Kier molecular flexibility index (Phi) is 319. The summed E-state index contributed by atoms with van der Waals surface area (Å²) in [5, 5.41) is 8.22. The molecule has 33 heteroatoms. The molecule has 0 amide bonds. The zero-order chi connectivity index (χ0) is 44.1. The third-order valence-electron chi connectivity index (χ3n) is 0.575. The highest BCUT2D eigenvalue weighted by Gasteiger charge is 2.24. The fourth-order valence-electron chi connectivity index (χ4n) is 0.0945. The predicted molar refractivity (Wildman–Crippen MR) is 118 cm³/mol. The highest BCUT2D eigenvalue weighted by Crippen LogP contribution is 2.13. The highest BCUT2D eigenvalue weighted by atomic mass is 19.5. The number of carbonyl (C=O) groups excluding carboxylic acids is 1. The first kappa shape index (κ1) is 91.5. The van der Waals surface area contributed by atoms with Gasteiger partial charge in [-0.3, -0.25) is 4.39 Å². The summed E-state index contributed by atoms with van der Waals surface area (Å²) in [6.45, 7) is -16.9. The van der Waals surface area contributed by atoms with Gasteiger partial charge >= 0.3 is 6.43 Å². The molecule has 0 heterocycles. The Morgan fingerprint density at radius 3 is 0.620 bits per heavy atom. The summed E-state index contributed by atoms with van der Waals surface area (Å²) in [4.78, 5) is 13.0. The van der Waals surface area contributed by atoms with Crippen LogP contribution < -0.4 is 10.8 Å². The van der Waals surface area contributed by atoms with E-state index in [0.717, 1.165) is 6.54 Å². The molecule has 0 aromatic carbocycles. The molecule has 0 rings (SSSR count). The van der Waals surface area contributed by atoms with Crippen LogP contribution >= 0.6 is 0 Å². The molecular weight excluding hydrogens is 811 g/mol. The van der Waals surface area contributed by atoms with Gasteiger partial charge in [-0.15, -0.1) is 17.6 Å². The summed E-state index contributed by atoms with van der Waals surface area (Å²) < 4.78 is 268. The van der Waals surface area contributed by atoms with Crippen LogP contribution in [0.1, 0.15) is 6.42 Å². The number of carbonyl (C=O) groups is 1. The lowest BCUT2D eigenvalue weighted by atomic mass is 10.5. The lowest BCUT2D eigenvalue weighted by Gasteiger charge is -1.82. The van der Waals surface area contributed by atoms with Crippen molar-refractivity contribution in [3.63, 3.8) is 0 Å². The first-order valence-corrected chi connectivity index (χ1v) is 9.78. The molecule has 0 aliphatic heterocycles. The lowest BCUT2D eigenvalue weighted by molar-refractivity contribution is -0.368. The van der Waals surface area contributed by atoms with Gasteiger partial charge in [0.1, 0.15) is 0 Å². The maximum absolute atomic E-state index is 11.0. The molecule has 0 aliphatic carbocycles. The molecule has 0 atom stereocenters. The molecule has 0 bridgehead atoms. The topological polar surface area (TPSA) is 95.5 Å². The Hall–Kier alpha value is -2.58. The monoisotopic (exact) mass is 845 g/mol. The van der Waals surface area contributed by atoms with E-state index in [4.69, 9.17) is 9.90 Å². The van der Waals surface area contributed by atoms with E-state index in [1.54, 1.807) is 0 Å². The van der Waals surface area contributed by atoms with Crippen LogP contribution in [-0.2, 0) is 14.6 Å². The minimum absolute atomic E-state index is 0.219. The Labute approximate surface area is 266 Å². The van der Waals surface area contributed by atoms with Crippen LogP contribution in [-0.4, -0.2) is 109 Å². The number of carboxylic acid groups (broad SMARTS) is 1. The third kappa shape index (κ3) is 15300. The Balaban J connectivity index is -0.0000000234. The third-order valence-corrected chi connectivity index (χ3v) is 0.575. The maximum atomic E-state index is 11.0. The first-order valence-electron chi connectivity index (χ1n) is 9.78. The van der Waals surface area contributed by atoms with Crippen LogP contribution in [0.5, 0.6) is 0 Å². The number of hydrogen-bond donors (Lipinski definition) is 1. The van der Waals surface area contributed by atoms with Crippen LogP contribution in [0, 0.1) is 0 Å². The summed E-state index contributed by atoms with van der Waals surface area (Å²) in [6.07, 6.45) is -7.47. The van der Waals surface area contributed by atoms with Gasteiger partial charge in [0.05, 0.1) is 13.2 Å². The largest absolute Gasteiger partial charge is 0.559 e. The average molecular weight is 845 g/mol. The summed E-state index contributed by atoms with van der Waals surface area (Å²) in [6, 6.07) is 0. The molecule has 0 aromatic heterocycles. The lowest BCUT2D eigenvalue weighted by Crippen LogP contribution is -2.50. The SMILES string of the molecule is COCF.FC(F)(F)F.FCF.FCF.FCF.FCF.FCF.FCF.FCF.FCF.FCOF.FCOF.O=C([O-])F.[NH3+]CCCF. The Bertz CT molecular complexity index is 289. The Morgan fingerprint density at radius 2 is 0.620 bits per heavy atom. The van der Waals surface area contributed by atoms with Crippen LogP contribution in [0.15, 0.2) is 0 Å². The van der Waals surface area contributed by atoms with Gasteiger partial charge in [0.25, 0.3) is 0 Å². The molecule has 50 heavy (non-hydrogen) atoms. The zero-order valence-electron chi connectivity index (χ0n) is 24.9. The summed E-state index contributed by atoms with van der Waals surface area (Å²) in [5.74, 6) is 0. The van der Waals surface area contributed by atoms with Crippen molar-refractivity contribution in [1.82, 2.24) is 0 Å². The molecule has 0 saturated heterocycles. The fourth-order valence-corrected chi connectivity index (χ4v) is 0.0945. The second kappa shape index (κ2) is 175. The van der Waals surface area contributed by atoms with E-state index in [-0.39, 0.29) is 6.67 Å². The van der Waals surface area contributed by atoms with E-state index >= 15 is 0 Å². The fraction of sp³-hybridized carbons (Fsp3) is 0.941. The van der Waals surface area contributed by atoms with Crippen molar-refractivity contribution < 1.29 is 149 Å². The minimum Gasteiger partial charge on any atom is -0.520 e. The molecule has 0 aromatic rings. The quantitative estimate of drug-likeness (QED) is 0.220. The minimum atomic E-state index is -5.50. The van der Waals surface area contributed by atoms with Gasteiger partial charge in [-0.05, 0) is 9.05 Å². The maximum Gasteiger partial charge on any atom is 0.559 e. The molecule has 0 unspecified atom stereocenters. The summed E-state index contributed by atoms with van der Waals surface area (Å²) >= 11 is 0. The number of halogens is 27. The average Bonchev–Trinajstić information content (AvgIpc) is 3.00. The number of rotatable bonds is 5. The molecule has 0 radical (unpaired) electrons. The molecular formula is C17H34F27NO5. The molecule has 3 N–H and O–H groups in total. The van der Waals surface area contributed by atoms with E-state index < -0.39 is 88.7 Å². The number of methoxy groups -OCH3 is 1. The smallest absolute Gasteiger partial charge is 0.520 e. The van der Waals surface area contributed by atoms with Gasteiger partial charge in [0.2, 0.25) is 75.4 Å². The molecule has 6 nitrogen and oxygen atoms in total. The second-order valence-corrected chi connectivity index (χ2v) is 3.20. The van der Waals surface area contributed by atoms with Crippen molar-refractivity contribution in [2.24, 2.45) is 0 Å². The van der Waals surface area contributed by atoms with Gasteiger partial charge in [0, 0.05) is 13.5 Å². The van der Waals surface area contributed by atoms with Crippen molar-refractivity contribution in [3.05, 3.63) is 0 Å². The zero-order valence-corrected chi connectivity index (χ0v) is 24.9. The van der Waals surface area contributed by atoms with Crippen LogP contribution in [0.2, 0.25) is 0 Å². The Morgan fingerprint density at radius 1 is 0.520 bits per heavy atom. The summed E-state index contributed by atoms with van der Waals surface area (Å²) in [7, 11) is 1.31. The van der Waals surface area contributed by atoms with Gasteiger partial charge in [-0.25, -0.2) is 83.4 Å². The van der Waals surface area contributed by atoms with E-state index in [0.29, 0.717) is 6.42 Å². The first-order chi connectivity index (χ1) is 23.2. The molecule has 0 aliphatic rings. The van der Waals surface area contributed by atoms with E-state index in [9.17, 15) is 119 Å². The van der Waals surface area contributed by atoms with Gasteiger partial charge in [-0.1, -0.05) is 0 Å². The molecule has 326 valence electrons. The van der Waals surface area contributed by atoms with E-state index in [2.05, 4.69) is 20.4 Å². The molecule has 0 saturated carbocycles. The van der Waals surface area contributed by atoms with Crippen molar-refractivity contribution >= 4 is 6.22 Å². The van der Waals surface area contributed by atoms with Gasteiger partial charge in [-0.2, -0.15) is 14.3 Å². The van der Waals surface area contributed by atoms with E-state index in [1.165, 1.54) is 7.11 Å². The van der Waals surface area contributed by atoms with Crippen LogP contribution in [0.3, 0.4) is 0 Å². The van der Waals surface area contributed by atoms with Crippen molar-refractivity contribution in [2.45, 2.75) is 12.9 Å². The van der Waals surface area contributed by atoms with Gasteiger partial charge < -0.3 is 20.4 Å². The van der Waals surface area contributed by atoms with Crippen molar-refractivity contribution in [1.29, 1.82) is 0 Å². The molecule has 0 spiro atoms. The number of hydrogen-bond acceptors (Lipinski definition) is 5. The summed E-state index contributed by atoms with van der Waals surface area (Å²) in [5.41, 5.74) is 3.44. The van der Waals surface area contributed by atoms with Crippen molar-refractivity contribution in [2.75, 3.05) is 96.3 Å². The standard InChI is InChI=1S/C3H8FN.C2H5FO.CF4.2CH2F2O.8CH2F2.CHFO2/c4-2-1-3-5;1-4-2-3;2-1(3,4)5;2*2-1-4-3;8*2-1-3;2-1(3)4/h1-3,5H2;2H2,1H3;;2*1H2;8*1H2;(H,3,4). The molecule has 0 fully saturated rings. The second-order valence-electron chi connectivity index (χ2n) is 3.20. The predicted octanol–water partition coefficient (Wildman–Crippen LogP) is 9.61. The normalized spacial score (nSPS) is 7.22. The van der Waals surface area contributed by atoms with Gasteiger partial charge in [0.15, 0.2) is 6.86 Å². The number of ether oxygens (including phenoxy) is 1. The van der Waals surface area contributed by atoms with Crippen LogP contribution in [0.25, 0.3) is 0 Å². The van der Waals surface area contributed by atoms with Crippen LogP contribution in [0.4, 0.5) is 124 Å². The number of quaternary nitrogens is 1. The highest BCUT2D eigenvalue weighted by molar-refractivity contribution is 5.51. The number of alkyl halides is 24. The van der Waals surface area contributed by atoms with Crippen molar-refractivity contribution in [3.8, 4) is 0 Å².